The van der Waals surface area contributed by atoms with E-state index >= 15 is 0 Å². The summed E-state index contributed by atoms with van der Waals surface area (Å²) in [5, 5.41) is 3.46. The lowest BCUT2D eigenvalue weighted by Gasteiger charge is -2.19. The van der Waals surface area contributed by atoms with Gasteiger partial charge in [-0.3, -0.25) is 9.59 Å². The van der Waals surface area contributed by atoms with Gasteiger partial charge in [0.2, 0.25) is 11.8 Å². The van der Waals surface area contributed by atoms with Gasteiger partial charge in [0, 0.05) is 11.9 Å². The molecule has 22 heavy (non-hydrogen) atoms. The van der Waals surface area contributed by atoms with E-state index in [9.17, 15) is 9.59 Å². The maximum Gasteiger partial charge on any atom is 0.244 e. The predicted octanol–water partition coefficient (Wildman–Crippen LogP) is 3.57. The molecule has 0 bridgehead atoms. The highest BCUT2D eigenvalue weighted by Crippen LogP contribution is 2.25. The van der Waals surface area contributed by atoms with Crippen LogP contribution in [-0.2, 0) is 16.1 Å². The summed E-state index contributed by atoms with van der Waals surface area (Å²) in [5.74, 6) is 0.0206. The van der Waals surface area contributed by atoms with Gasteiger partial charge in [0.25, 0.3) is 0 Å². The summed E-state index contributed by atoms with van der Waals surface area (Å²) >= 11 is 11.8. The Balaban J connectivity index is 2.00. The van der Waals surface area contributed by atoms with Crippen LogP contribution < -0.4 is 5.32 Å². The van der Waals surface area contributed by atoms with Crippen LogP contribution in [0.2, 0.25) is 10.0 Å². The first-order valence-corrected chi connectivity index (χ1v) is 7.24. The van der Waals surface area contributed by atoms with Crippen molar-refractivity contribution in [3.05, 3.63) is 52.4 Å². The molecule has 1 aromatic carbocycles. The second kappa shape index (κ2) is 7.33. The smallest absolute Gasteiger partial charge is 0.244 e. The van der Waals surface area contributed by atoms with Crippen molar-refractivity contribution in [2.75, 3.05) is 11.9 Å². The van der Waals surface area contributed by atoms with Crippen LogP contribution in [0.25, 0.3) is 0 Å². The molecule has 5 nitrogen and oxygen atoms in total. The average Bonchev–Trinajstić information content (AvgIpc) is 2.94. The molecule has 2 amide bonds. The summed E-state index contributed by atoms with van der Waals surface area (Å²) in [6, 6.07) is 8.22. The average molecular weight is 341 g/mol. The number of carbonyl (C=O) groups is 2. The second-order valence-electron chi connectivity index (χ2n) is 4.63. The van der Waals surface area contributed by atoms with E-state index in [4.69, 9.17) is 27.6 Å². The maximum absolute atomic E-state index is 12.1. The third kappa shape index (κ3) is 4.51. The molecule has 0 aliphatic carbocycles. The van der Waals surface area contributed by atoms with E-state index in [1.165, 1.54) is 24.2 Å². The van der Waals surface area contributed by atoms with Gasteiger partial charge in [0.05, 0.1) is 23.5 Å². The van der Waals surface area contributed by atoms with E-state index in [2.05, 4.69) is 5.32 Å². The largest absolute Gasteiger partial charge is 0.467 e. The fourth-order valence-electron chi connectivity index (χ4n) is 1.82. The van der Waals surface area contributed by atoms with Crippen LogP contribution in [-0.4, -0.2) is 23.3 Å². The Morgan fingerprint density at radius 3 is 2.64 bits per heavy atom. The Morgan fingerprint density at radius 1 is 1.27 bits per heavy atom. The van der Waals surface area contributed by atoms with E-state index in [1.54, 1.807) is 24.3 Å². The number of halogens is 2. The lowest BCUT2D eigenvalue weighted by atomic mass is 10.3. The molecule has 2 rings (SSSR count). The third-order valence-corrected chi connectivity index (χ3v) is 3.46. The number of anilines is 1. The van der Waals surface area contributed by atoms with Crippen molar-refractivity contribution < 1.29 is 14.0 Å². The Bertz CT molecular complexity index is 671. The standard InChI is InChI=1S/C15H14Cl2N2O3/c1-10(20)19(8-12-3-2-6-22-12)9-15(21)18-14-5-4-11(16)7-13(14)17/h2-7H,8-9H2,1H3,(H,18,21). The summed E-state index contributed by atoms with van der Waals surface area (Å²) < 4.78 is 5.18. The van der Waals surface area contributed by atoms with E-state index in [-0.39, 0.29) is 24.9 Å². The molecule has 1 aromatic heterocycles. The molecule has 0 atom stereocenters. The van der Waals surface area contributed by atoms with Crippen molar-refractivity contribution in [1.29, 1.82) is 0 Å². The van der Waals surface area contributed by atoms with Crippen molar-refractivity contribution >= 4 is 40.7 Å². The summed E-state index contributed by atoms with van der Waals surface area (Å²) in [5.41, 5.74) is 0.442. The van der Waals surface area contributed by atoms with E-state index in [1.807, 2.05) is 0 Å². The number of hydrogen-bond acceptors (Lipinski definition) is 3. The zero-order valence-electron chi connectivity index (χ0n) is 11.8. The quantitative estimate of drug-likeness (QED) is 0.904. The first-order chi connectivity index (χ1) is 10.5. The molecular weight excluding hydrogens is 327 g/mol. The van der Waals surface area contributed by atoms with E-state index in [0.29, 0.717) is 21.5 Å². The highest BCUT2D eigenvalue weighted by molar-refractivity contribution is 6.36. The van der Waals surface area contributed by atoms with E-state index < -0.39 is 0 Å². The molecule has 0 saturated carbocycles. The van der Waals surface area contributed by atoms with Crippen LogP contribution in [0.5, 0.6) is 0 Å². The first-order valence-electron chi connectivity index (χ1n) is 6.48. The number of furan rings is 1. The van der Waals surface area contributed by atoms with Gasteiger partial charge < -0.3 is 14.6 Å². The highest BCUT2D eigenvalue weighted by Gasteiger charge is 2.16. The van der Waals surface area contributed by atoms with Crippen molar-refractivity contribution in [3.8, 4) is 0 Å². The van der Waals surface area contributed by atoms with Crippen LogP contribution in [0.1, 0.15) is 12.7 Å². The zero-order chi connectivity index (χ0) is 16.1. The molecule has 7 heteroatoms. The Labute approximate surface area is 137 Å². The zero-order valence-corrected chi connectivity index (χ0v) is 13.3. The molecule has 2 aromatic rings. The van der Waals surface area contributed by atoms with Crippen molar-refractivity contribution in [2.45, 2.75) is 13.5 Å². The fourth-order valence-corrected chi connectivity index (χ4v) is 2.28. The topological polar surface area (TPSA) is 62.6 Å². The monoisotopic (exact) mass is 340 g/mol. The molecule has 0 fully saturated rings. The Kier molecular flexibility index (Phi) is 5.46. The molecule has 116 valence electrons. The molecule has 0 aliphatic heterocycles. The Morgan fingerprint density at radius 2 is 2.05 bits per heavy atom. The molecule has 0 saturated heterocycles. The van der Waals surface area contributed by atoms with Gasteiger partial charge in [0.15, 0.2) is 0 Å². The van der Waals surface area contributed by atoms with E-state index in [0.717, 1.165) is 0 Å². The highest BCUT2D eigenvalue weighted by atomic mass is 35.5. The number of hydrogen-bond donors (Lipinski definition) is 1. The van der Waals surface area contributed by atoms with Crippen LogP contribution >= 0.6 is 23.2 Å². The van der Waals surface area contributed by atoms with Gasteiger partial charge in [-0.15, -0.1) is 0 Å². The van der Waals surface area contributed by atoms with Crippen molar-refractivity contribution in [3.63, 3.8) is 0 Å². The lowest BCUT2D eigenvalue weighted by molar-refractivity contribution is -0.133. The molecule has 0 unspecified atom stereocenters. The van der Waals surface area contributed by atoms with Crippen LogP contribution in [0.4, 0.5) is 5.69 Å². The molecule has 0 radical (unpaired) electrons. The van der Waals surface area contributed by atoms with Gasteiger partial charge >= 0.3 is 0 Å². The molecule has 0 aliphatic rings. The van der Waals surface area contributed by atoms with Crippen molar-refractivity contribution in [1.82, 2.24) is 4.90 Å². The summed E-state index contributed by atoms with van der Waals surface area (Å²) in [6.45, 7) is 1.52. The predicted molar refractivity (Wildman–Crippen MR) is 84.9 cm³/mol. The normalized spacial score (nSPS) is 10.3. The third-order valence-electron chi connectivity index (χ3n) is 2.91. The number of nitrogens with zero attached hydrogens (tertiary/aromatic N) is 1. The molecular formula is C15H14Cl2N2O3. The lowest BCUT2D eigenvalue weighted by Crippen LogP contribution is -2.36. The van der Waals surface area contributed by atoms with Gasteiger partial charge in [-0.2, -0.15) is 0 Å². The minimum absolute atomic E-state index is 0.102. The Hall–Kier alpha value is -1.98. The molecule has 1 heterocycles. The number of rotatable bonds is 5. The van der Waals surface area contributed by atoms with Gasteiger partial charge in [-0.25, -0.2) is 0 Å². The second-order valence-corrected chi connectivity index (χ2v) is 5.47. The number of amides is 2. The number of nitrogens with one attached hydrogen (secondary N) is 1. The molecule has 1 N–H and O–H groups in total. The number of carbonyl (C=O) groups excluding carboxylic acids is 2. The van der Waals surface area contributed by atoms with Gasteiger partial charge in [-0.05, 0) is 30.3 Å². The van der Waals surface area contributed by atoms with Gasteiger partial charge in [0.1, 0.15) is 12.3 Å². The summed E-state index contributed by atoms with van der Waals surface area (Å²) in [7, 11) is 0. The van der Waals surface area contributed by atoms with Crippen LogP contribution in [0.3, 0.4) is 0 Å². The molecule has 0 spiro atoms. The summed E-state index contributed by atoms with van der Waals surface area (Å²) in [4.78, 5) is 25.1. The first kappa shape index (κ1) is 16.4. The van der Waals surface area contributed by atoms with Crippen LogP contribution in [0.15, 0.2) is 41.0 Å². The fraction of sp³-hybridized carbons (Fsp3) is 0.200. The minimum Gasteiger partial charge on any atom is -0.467 e. The maximum atomic E-state index is 12.1. The minimum atomic E-state index is -0.356. The van der Waals surface area contributed by atoms with Crippen LogP contribution in [0, 0.1) is 0 Å². The van der Waals surface area contributed by atoms with Crippen molar-refractivity contribution in [2.24, 2.45) is 0 Å². The summed E-state index contributed by atoms with van der Waals surface area (Å²) in [6.07, 6.45) is 1.52. The number of benzene rings is 1. The van der Waals surface area contributed by atoms with Gasteiger partial charge in [-0.1, -0.05) is 23.2 Å². The SMILES string of the molecule is CC(=O)N(CC(=O)Nc1ccc(Cl)cc1Cl)Cc1ccco1.